The quantitative estimate of drug-likeness (QED) is 0.601. The summed E-state index contributed by atoms with van der Waals surface area (Å²) in [6.45, 7) is 8.75. The van der Waals surface area contributed by atoms with E-state index in [1.807, 2.05) is 38.1 Å². The number of hydrogen-bond acceptors (Lipinski definition) is 5. The van der Waals surface area contributed by atoms with E-state index >= 15 is 0 Å². The van der Waals surface area contributed by atoms with Gasteiger partial charge in [0.15, 0.2) is 0 Å². The van der Waals surface area contributed by atoms with Gasteiger partial charge >= 0.3 is 0 Å². The van der Waals surface area contributed by atoms with Gasteiger partial charge in [0.25, 0.3) is 11.8 Å². The van der Waals surface area contributed by atoms with E-state index in [0.717, 1.165) is 37.2 Å². The van der Waals surface area contributed by atoms with Crippen molar-refractivity contribution in [3.05, 3.63) is 59.8 Å². The van der Waals surface area contributed by atoms with Crippen molar-refractivity contribution in [2.24, 2.45) is 5.92 Å². The SMILES string of the molecule is CCOc1ccc(C2=C(N3CCC(C)CC3)C(=O)N(c3ccc(OCC)cc3)C2=O)cc1. The number of carbonyl (C=O) groups is 2. The Morgan fingerprint density at radius 3 is 1.88 bits per heavy atom. The van der Waals surface area contributed by atoms with Crippen LogP contribution in [-0.4, -0.2) is 43.0 Å². The Hall–Kier alpha value is -3.28. The number of amides is 2. The van der Waals surface area contributed by atoms with Crippen LogP contribution in [0.1, 0.15) is 39.2 Å². The number of imide groups is 1. The summed E-state index contributed by atoms with van der Waals surface area (Å²) in [4.78, 5) is 30.6. The van der Waals surface area contributed by atoms with Crippen molar-refractivity contribution in [3.8, 4) is 11.5 Å². The zero-order valence-electron chi connectivity index (χ0n) is 19.0. The van der Waals surface area contributed by atoms with Crippen LogP contribution >= 0.6 is 0 Å². The molecular formula is C26H30N2O4. The van der Waals surface area contributed by atoms with Crippen LogP contribution in [0.3, 0.4) is 0 Å². The number of nitrogens with zero attached hydrogens (tertiary/aromatic N) is 2. The molecule has 0 aromatic heterocycles. The van der Waals surface area contributed by atoms with Crippen LogP contribution in [0.5, 0.6) is 11.5 Å². The summed E-state index contributed by atoms with van der Waals surface area (Å²) in [5.74, 6) is 1.51. The second kappa shape index (κ2) is 9.47. The third kappa shape index (κ3) is 4.22. The van der Waals surface area contributed by atoms with Crippen LogP contribution in [-0.2, 0) is 9.59 Å². The fraction of sp³-hybridized carbons (Fsp3) is 0.385. The van der Waals surface area contributed by atoms with Gasteiger partial charge in [0.2, 0.25) is 0 Å². The molecule has 168 valence electrons. The summed E-state index contributed by atoms with van der Waals surface area (Å²) in [7, 11) is 0. The number of ether oxygens (including phenoxy) is 2. The summed E-state index contributed by atoms with van der Waals surface area (Å²) in [6.07, 6.45) is 2.01. The second-order valence-electron chi connectivity index (χ2n) is 8.22. The number of piperidine rings is 1. The molecule has 2 aliphatic heterocycles. The molecule has 0 radical (unpaired) electrons. The van der Waals surface area contributed by atoms with E-state index in [2.05, 4.69) is 11.8 Å². The average molecular weight is 435 g/mol. The maximum Gasteiger partial charge on any atom is 0.282 e. The molecule has 0 atom stereocenters. The van der Waals surface area contributed by atoms with Crippen molar-refractivity contribution < 1.29 is 19.1 Å². The first-order chi connectivity index (χ1) is 15.5. The Labute approximate surface area is 189 Å². The van der Waals surface area contributed by atoms with E-state index in [9.17, 15) is 9.59 Å². The minimum atomic E-state index is -0.294. The molecule has 2 heterocycles. The highest BCUT2D eigenvalue weighted by atomic mass is 16.5. The topological polar surface area (TPSA) is 59.1 Å². The number of rotatable bonds is 7. The van der Waals surface area contributed by atoms with Crippen molar-refractivity contribution in [1.82, 2.24) is 4.90 Å². The standard InChI is InChI=1S/C26H30N2O4/c1-4-31-21-10-6-19(7-11-21)23-24(27-16-14-18(3)15-17-27)26(30)28(25(23)29)20-8-12-22(13-9-20)32-5-2/h6-13,18H,4-5,14-17H2,1-3H3. The molecule has 0 N–H and O–H groups in total. The van der Waals surface area contributed by atoms with Crippen molar-refractivity contribution in [2.75, 3.05) is 31.2 Å². The smallest absolute Gasteiger partial charge is 0.282 e. The maximum absolute atomic E-state index is 13.6. The Morgan fingerprint density at radius 1 is 0.812 bits per heavy atom. The van der Waals surface area contributed by atoms with Gasteiger partial charge in [-0.2, -0.15) is 0 Å². The van der Waals surface area contributed by atoms with Gasteiger partial charge in [0, 0.05) is 13.1 Å². The molecule has 2 aliphatic rings. The molecule has 0 unspecified atom stereocenters. The van der Waals surface area contributed by atoms with Crippen molar-refractivity contribution >= 4 is 23.1 Å². The zero-order chi connectivity index (χ0) is 22.7. The summed E-state index contributed by atoms with van der Waals surface area (Å²) >= 11 is 0. The first-order valence-electron chi connectivity index (χ1n) is 11.4. The largest absolute Gasteiger partial charge is 0.494 e. The zero-order valence-corrected chi connectivity index (χ0v) is 19.0. The molecule has 4 rings (SSSR count). The van der Waals surface area contributed by atoms with Gasteiger partial charge in [-0.25, -0.2) is 4.90 Å². The fourth-order valence-corrected chi connectivity index (χ4v) is 4.28. The minimum absolute atomic E-state index is 0.266. The van der Waals surface area contributed by atoms with Gasteiger partial charge in [-0.3, -0.25) is 9.59 Å². The minimum Gasteiger partial charge on any atom is -0.494 e. The Balaban J connectivity index is 1.72. The molecule has 0 bridgehead atoms. The van der Waals surface area contributed by atoms with Crippen LogP contribution in [0, 0.1) is 5.92 Å². The van der Waals surface area contributed by atoms with Crippen LogP contribution in [0.4, 0.5) is 5.69 Å². The van der Waals surface area contributed by atoms with Gasteiger partial charge in [-0.1, -0.05) is 19.1 Å². The van der Waals surface area contributed by atoms with E-state index in [4.69, 9.17) is 9.47 Å². The lowest BCUT2D eigenvalue weighted by atomic mass is 9.97. The molecule has 32 heavy (non-hydrogen) atoms. The Bertz CT molecular complexity index is 1000. The Kier molecular flexibility index (Phi) is 6.49. The summed E-state index contributed by atoms with van der Waals surface area (Å²) in [6, 6.07) is 14.5. The summed E-state index contributed by atoms with van der Waals surface area (Å²) in [5, 5.41) is 0. The average Bonchev–Trinajstić information content (AvgIpc) is 3.06. The van der Waals surface area contributed by atoms with Crippen LogP contribution in [0.15, 0.2) is 54.2 Å². The van der Waals surface area contributed by atoms with Crippen LogP contribution in [0.2, 0.25) is 0 Å². The molecule has 2 amide bonds. The lowest BCUT2D eigenvalue weighted by Crippen LogP contribution is -2.38. The van der Waals surface area contributed by atoms with E-state index in [0.29, 0.717) is 41.8 Å². The van der Waals surface area contributed by atoms with E-state index in [1.54, 1.807) is 24.3 Å². The molecule has 1 fully saturated rings. The lowest BCUT2D eigenvalue weighted by Gasteiger charge is -2.32. The van der Waals surface area contributed by atoms with Gasteiger partial charge < -0.3 is 14.4 Å². The number of hydrogen-bond donors (Lipinski definition) is 0. The predicted molar refractivity (Wildman–Crippen MR) is 125 cm³/mol. The number of anilines is 1. The summed E-state index contributed by atoms with van der Waals surface area (Å²) < 4.78 is 11.1. The van der Waals surface area contributed by atoms with Crippen LogP contribution < -0.4 is 14.4 Å². The first kappa shape index (κ1) is 21.9. The van der Waals surface area contributed by atoms with Crippen molar-refractivity contribution in [3.63, 3.8) is 0 Å². The molecule has 0 saturated carbocycles. The maximum atomic E-state index is 13.6. The Morgan fingerprint density at radius 2 is 1.34 bits per heavy atom. The summed E-state index contributed by atoms with van der Waals surface area (Å²) in [5.41, 5.74) is 2.24. The predicted octanol–water partition coefficient (Wildman–Crippen LogP) is 4.50. The van der Waals surface area contributed by atoms with Crippen molar-refractivity contribution in [1.29, 1.82) is 0 Å². The van der Waals surface area contributed by atoms with Gasteiger partial charge in [0.1, 0.15) is 17.2 Å². The highest BCUT2D eigenvalue weighted by Gasteiger charge is 2.43. The molecule has 0 spiro atoms. The highest BCUT2D eigenvalue weighted by molar-refractivity contribution is 6.45. The third-order valence-corrected chi connectivity index (χ3v) is 6.02. The van der Waals surface area contributed by atoms with Gasteiger partial charge in [-0.15, -0.1) is 0 Å². The van der Waals surface area contributed by atoms with Crippen molar-refractivity contribution in [2.45, 2.75) is 33.6 Å². The van der Waals surface area contributed by atoms with Crippen LogP contribution in [0.25, 0.3) is 5.57 Å². The lowest BCUT2D eigenvalue weighted by molar-refractivity contribution is -0.120. The van der Waals surface area contributed by atoms with E-state index < -0.39 is 0 Å². The second-order valence-corrected chi connectivity index (χ2v) is 8.22. The highest BCUT2D eigenvalue weighted by Crippen LogP contribution is 2.37. The molecular weight excluding hydrogens is 404 g/mol. The number of benzene rings is 2. The fourth-order valence-electron chi connectivity index (χ4n) is 4.28. The van der Waals surface area contributed by atoms with E-state index in [1.165, 1.54) is 4.90 Å². The molecule has 1 saturated heterocycles. The molecule has 0 aliphatic carbocycles. The van der Waals surface area contributed by atoms with E-state index in [-0.39, 0.29) is 11.8 Å². The third-order valence-electron chi connectivity index (χ3n) is 6.02. The molecule has 2 aromatic rings. The molecule has 2 aromatic carbocycles. The number of carbonyl (C=O) groups excluding carboxylic acids is 2. The normalized spacial score (nSPS) is 17.3. The first-order valence-corrected chi connectivity index (χ1v) is 11.4. The monoisotopic (exact) mass is 434 g/mol. The number of likely N-dealkylation sites (tertiary alicyclic amines) is 1. The molecule has 6 nitrogen and oxygen atoms in total. The van der Waals surface area contributed by atoms with Gasteiger partial charge in [-0.05, 0) is 74.6 Å². The van der Waals surface area contributed by atoms with Gasteiger partial charge in [0.05, 0.1) is 24.5 Å². The molecule has 6 heteroatoms.